The van der Waals surface area contributed by atoms with Crippen molar-refractivity contribution < 1.29 is 4.79 Å². The van der Waals surface area contributed by atoms with Gasteiger partial charge in [0.15, 0.2) is 0 Å². The normalized spacial score (nSPS) is 49.4. The van der Waals surface area contributed by atoms with Gasteiger partial charge in [-0.1, -0.05) is 26.7 Å². The first-order valence-electron chi connectivity index (χ1n) is 6.14. The summed E-state index contributed by atoms with van der Waals surface area (Å²) in [6, 6.07) is 0. The van der Waals surface area contributed by atoms with Crippen molar-refractivity contribution in [1.82, 2.24) is 0 Å². The van der Waals surface area contributed by atoms with Crippen LogP contribution >= 0.6 is 0 Å². The first-order valence-corrected chi connectivity index (χ1v) is 6.14. The van der Waals surface area contributed by atoms with E-state index < -0.39 is 0 Å². The van der Waals surface area contributed by atoms with Gasteiger partial charge in [-0.3, -0.25) is 4.79 Å². The van der Waals surface area contributed by atoms with Gasteiger partial charge in [0, 0.05) is 11.3 Å². The third kappa shape index (κ3) is 0.988. The molecule has 0 aliphatic heterocycles. The highest BCUT2D eigenvalue weighted by Gasteiger charge is 2.56. The Morgan fingerprint density at radius 2 is 2.00 bits per heavy atom. The molecule has 0 aromatic carbocycles. The largest absolute Gasteiger partial charge is 0.299 e. The summed E-state index contributed by atoms with van der Waals surface area (Å²) in [5.41, 5.74) is 0.00287. The topological polar surface area (TPSA) is 17.1 Å². The standard InChI is InChI=1S/C13H20O/c1-13(2)7-11-9-5-3-4-8(9)6-10(11)12(13)14/h8-11H,3-7H2,1-2H3/t8?,9?,10-,11+/m1/s1. The highest BCUT2D eigenvalue weighted by atomic mass is 16.1. The van der Waals surface area contributed by atoms with E-state index in [1.54, 1.807) is 0 Å². The molecule has 78 valence electrons. The van der Waals surface area contributed by atoms with E-state index in [2.05, 4.69) is 13.8 Å². The van der Waals surface area contributed by atoms with Gasteiger partial charge in [-0.15, -0.1) is 0 Å². The summed E-state index contributed by atoms with van der Waals surface area (Å²) in [6.45, 7) is 4.30. The van der Waals surface area contributed by atoms with Crippen LogP contribution in [0.5, 0.6) is 0 Å². The van der Waals surface area contributed by atoms with Crippen LogP contribution in [0.1, 0.15) is 46.0 Å². The summed E-state index contributed by atoms with van der Waals surface area (Å²) in [7, 11) is 0. The summed E-state index contributed by atoms with van der Waals surface area (Å²) in [5, 5.41) is 0. The number of ketones is 1. The monoisotopic (exact) mass is 192 g/mol. The molecule has 0 radical (unpaired) electrons. The minimum absolute atomic E-state index is 0.00287. The zero-order valence-corrected chi connectivity index (χ0v) is 9.25. The molecule has 14 heavy (non-hydrogen) atoms. The molecule has 3 fully saturated rings. The van der Waals surface area contributed by atoms with Gasteiger partial charge in [-0.05, 0) is 37.0 Å². The number of hydrogen-bond donors (Lipinski definition) is 0. The van der Waals surface area contributed by atoms with E-state index in [4.69, 9.17) is 0 Å². The molecule has 1 nitrogen and oxygen atoms in total. The quantitative estimate of drug-likeness (QED) is 0.576. The second-order valence-corrected chi connectivity index (χ2v) is 6.31. The Bertz CT molecular complexity index is 279. The van der Waals surface area contributed by atoms with Crippen molar-refractivity contribution in [3.63, 3.8) is 0 Å². The van der Waals surface area contributed by atoms with Crippen LogP contribution in [0, 0.1) is 29.1 Å². The molecule has 1 heteroatoms. The molecule has 0 amide bonds. The van der Waals surface area contributed by atoms with Crippen molar-refractivity contribution in [3.05, 3.63) is 0 Å². The van der Waals surface area contributed by atoms with Crippen molar-refractivity contribution in [2.45, 2.75) is 46.0 Å². The lowest BCUT2D eigenvalue weighted by Crippen LogP contribution is -2.22. The number of carbonyl (C=O) groups is 1. The molecule has 0 aromatic heterocycles. The van der Waals surface area contributed by atoms with E-state index in [1.165, 1.54) is 32.1 Å². The number of carbonyl (C=O) groups excluding carboxylic acids is 1. The predicted molar refractivity (Wildman–Crippen MR) is 55.8 cm³/mol. The van der Waals surface area contributed by atoms with E-state index in [0.717, 1.165) is 17.8 Å². The second kappa shape index (κ2) is 2.62. The van der Waals surface area contributed by atoms with E-state index in [9.17, 15) is 4.79 Å². The summed E-state index contributed by atoms with van der Waals surface area (Å²) < 4.78 is 0. The van der Waals surface area contributed by atoms with Crippen LogP contribution in [0.3, 0.4) is 0 Å². The molecular formula is C13H20O. The van der Waals surface area contributed by atoms with Crippen LogP contribution in [-0.4, -0.2) is 5.78 Å². The number of Topliss-reactive ketones (excluding diaryl/α,β-unsaturated/α-hetero) is 1. The van der Waals surface area contributed by atoms with Gasteiger partial charge in [0.1, 0.15) is 5.78 Å². The lowest BCUT2D eigenvalue weighted by molar-refractivity contribution is -0.127. The average molecular weight is 192 g/mol. The third-order valence-electron chi connectivity index (χ3n) is 5.09. The smallest absolute Gasteiger partial charge is 0.141 e. The fraction of sp³-hybridized carbons (Fsp3) is 0.923. The van der Waals surface area contributed by atoms with Crippen LogP contribution in [0.25, 0.3) is 0 Å². The van der Waals surface area contributed by atoms with E-state index in [1.807, 2.05) is 0 Å². The molecular weight excluding hydrogens is 172 g/mol. The Kier molecular flexibility index (Phi) is 1.67. The molecule has 3 saturated carbocycles. The van der Waals surface area contributed by atoms with Crippen molar-refractivity contribution in [1.29, 1.82) is 0 Å². The maximum absolute atomic E-state index is 12.1. The lowest BCUT2D eigenvalue weighted by Gasteiger charge is -2.20. The summed E-state index contributed by atoms with van der Waals surface area (Å²) in [4.78, 5) is 12.1. The third-order valence-corrected chi connectivity index (χ3v) is 5.09. The molecule has 0 N–H and O–H groups in total. The minimum Gasteiger partial charge on any atom is -0.299 e. The molecule has 3 rings (SSSR count). The molecule has 3 aliphatic carbocycles. The Morgan fingerprint density at radius 3 is 2.79 bits per heavy atom. The number of rotatable bonds is 0. The van der Waals surface area contributed by atoms with Crippen molar-refractivity contribution in [3.8, 4) is 0 Å². The van der Waals surface area contributed by atoms with Crippen LogP contribution < -0.4 is 0 Å². The van der Waals surface area contributed by atoms with Gasteiger partial charge in [0.2, 0.25) is 0 Å². The summed E-state index contributed by atoms with van der Waals surface area (Å²) in [5.74, 6) is 3.65. The highest BCUT2D eigenvalue weighted by molar-refractivity contribution is 5.89. The van der Waals surface area contributed by atoms with Crippen molar-refractivity contribution >= 4 is 5.78 Å². The highest BCUT2D eigenvalue weighted by Crippen LogP contribution is 2.59. The van der Waals surface area contributed by atoms with E-state index in [-0.39, 0.29) is 5.41 Å². The fourth-order valence-corrected chi connectivity index (χ4v) is 4.51. The van der Waals surface area contributed by atoms with Crippen LogP contribution in [-0.2, 0) is 4.79 Å². The van der Waals surface area contributed by atoms with Crippen LogP contribution in [0.4, 0.5) is 0 Å². The lowest BCUT2D eigenvalue weighted by atomic mass is 9.83. The van der Waals surface area contributed by atoms with Gasteiger partial charge in [0.25, 0.3) is 0 Å². The molecule has 0 spiro atoms. The predicted octanol–water partition coefficient (Wildman–Crippen LogP) is 3.04. The zero-order valence-electron chi connectivity index (χ0n) is 9.25. The maximum Gasteiger partial charge on any atom is 0.141 e. The molecule has 0 saturated heterocycles. The Labute approximate surface area is 86.3 Å². The molecule has 4 atom stereocenters. The van der Waals surface area contributed by atoms with Crippen LogP contribution in [0.15, 0.2) is 0 Å². The van der Waals surface area contributed by atoms with E-state index in [0.29, 0.717) is 11.7 Å². The Morgan fingerprint density at radius 1 is 1.21 bits per heavy atom. The average Bonchev–Trinajstić information content (AvgIpc) is 2.70. The minimum atomic E-state index is 0.00287. The van der Waals surface area contributed by atoms with Crippen LogP contribution in [0.2, 0.25) is 0 Å². The first-order chi connectivity index (χ1) is 6.59. The first kappa shape index (κ1) is 8.94. The summed E-state index contributed by atoms with van der Waals surface area (Å²) in [6.07, 6.45) is 6.66. The van der Waals surface area contributed by atoms with Gasteiger partial charge in [-0.2, -0.15) is 0 Å². The maximum atomic E-state index is 12.1. The van der Waals surface area contributed by atoms with Crippen molar-refractivity contribution in [2.24, 2.45) is 29.1 Å². The Balaban J connectivity index is 1.89. The fourth-order valence-electron chi connectivity index (χ4n) is 4.51. The van der Waals surface area contributed by atoms with Gasteiger partial charge in [-0.25, -0.2) is 0 Å². The van der Waals surface area contributed by atoms with Gasteiger partial charge in [0.05, 0.1) is 0 Å². The van der Waals surface area contributed by atoms with Gasteiger partial charge < -0.3 is 0 Å². The number of fused-ring (bicyclic) bond motifs is 3. The second-order valence-electron chi connectivity index (χ2n) is 6.31. The Hall–Kier alpha value is -0.330. The molecule has 3 aliphatic rings. The van der Waals surface area contributed by atoms with Crippen molar-refractivity contribution in [2.75, 3.05) is 0 Å². The van der Waals surface area contributed by atoms with Gasteiger partial charge >= 0.3 is 0 Å². The van der Waals surface area contributed by atoms with E-state index >= 15 is 0 Å². The number of hydrogen-bond acceptors (Lipinski definition) is 1. The molecule has 0 aromatic rings. The summed E-state index contributed by atoms with van der Waals surface area (Å²) >= 11 is 0. The molecule has 0 heterocycles. The molecule has 0 bridgehead atoms. The molecule has 2 unspecified atom stereocenters. The SMILES string of the molecule is CC1(C)C[C@H]2C3CCCC3C[C@H]2C1=O. The zero-order chi connectivity index (χ0) is 9.92.